The van der Waals surface area contributed by atoms with E-state index in [2.05, 4.69) is 4.99 Å². The number of hydrogen-bond acceptors (Lipinski definition) is 6. The Labute approximate surface area is 163 Å². The molecule has 1 aliphatic heterocycles. The first-order valence-electron chi connectivity index (χ1n) is 8.87. The Kier molecular flexibility index (Phi) is 5.79. The van der Waals surface area contributed by atoms with Gasteiger partial charge in [-0.1, -0.05) is 30.3 Å². The minimum Gasteiger partial charge on any atom is -0.508 e. The molecule has 0 saturated carbocycles. The molecule has 0 saturated heterocycles. The lowest BCUT2D eigenvalue weighted by molar-refractivity contribution is -0.137. The molecular formula is C22H21NO5. The average molecular weight is 379 g/mol. The van der Waals surface area contributed by atoms with Gasteiger partial charge in [0.1, 0.15) is 29.4 Å². The van der Waals surface area contributed by atoms with Crippen molar-refractivity contribution >= 4 is 24.0 Å². The van der Waals surface area contributed by atoms with E-state index in [4.69, 9.17) is 9.47 Å². The van der Waals surface area contributed by atoms with E-state index in [1.807, 2.05) is 12.1 Å². The molecule has 0 radical (unpaired) electrons. The second-order valence-corrected chi connectivity index (χ2v) is 6.16. The lowest BCUT2D eigenvalue weighted by atomic mass is 10.1. The summed E-state index contributed by atoms with van der Waals surface area (Å²) in [6.45, 7) is 3.82. The van der Waals surface area contributed by atoms with Crippen molar-refractivity contribution in [3.8, 4) is 11.5 Å². The summed E-state index contributed by atoms with van der Waals surface area (Å²) in [7, 11) is 0. The molecule has 6 heteroatoms. The molecule has 0 aliphatic carbocycles. The molecule has 0 bridgehead atoms. The number of phenolic OH excluding ortho intramolecular Hbond substituents is 1. The maximum Gasteiger partial charge on any atom is 0.343 e. The van der Waals surface area contributed by atoms with Crippen molar-refractivity contribution in [2.75, 3.05) is 13.2 Å². The fourth-order valence-corrected chi connectivity index (χ4v) is 2.77. The van der Waals surface area contributed by atoms with E-state index in [1.165, 1.54) is 6.21 Å². The standard InChI is InChI=1S/C22H21NO5/c1-3-27-22(26)18(20(25)15-7-5-4-6-8-15)12-23-17-11-16-9-10-19(24)14(2)21(16)28-13-17/h4-12,24-25H,3,13H2,1-2H3/b20-18+,23-12?. The van der Waals surface area contributed by atoms with Gasteiger partial charge in [0.2, 0.25) is 0 Å². The molecule has 0 unspecified atom stereocenters. The number of phenols is 1. The number of nitrogens with zero attached hydrogens (tertiary/aromatic N) is 1. The van der Waals surface area contributed by atoms with Gasteiger partial charge in [-0.05, 0) is 32.1 Å². The average Bonchev–Trinajstić information content (AvgIpc) is 2.71. The van der Waals surface area contributed by atoms with E-state index in [9.17, 15) is 15.0 Å². The highest BCUT2D eigenvalue weighted by Crippen LogP contribution is 2.35. The second kappa shape index (κ2) is 8.43. The van der Waals surface area contributed by atoms with Gasteiger partial charge in [-0.25, -0.2) is 4.79 Å². The summed E-state index contributed by atoms with van der Waals surface area (Å²) < 4.78 is 10.7. The third kappa shape index (κ3) is 4.06. The van der Waals surface area contributed by atoms with Crippen LogP contribution in [0, 0.1) is 6.92 Å². The predicted octanol–water partition coefficient (Wildman–Crippen LogP) is 4.04. The van der Waals surface area contributed by atoms with Crippen LogP contribution in [0.15, 0.2) is 58.7 Å². The number of benzene rings is 2. The predicted molar refractivity (Wildman–Crippen MR) is 107 cm³/mol. The van der Waals surface area contributed by atoms with Crippen molar-refractivity contribution in [1.82, 2.24) is 0 Å². The van der Waals surface area contributed by atoms with E-state index < -0.39 is 5.97 Å². The largest absolute Gasteiger partial charge is 0.508 e. The summed E-state index contributed by atoms with van der Waals surface area (Å²) >= 11 is 0. The number of carbonyl (C=O) groups excluding carboxylic acids is 1. The molecule has 0 amide bonds. The molecule has 28 heavy (non-hydrogen) atoms. The van der Waals surface area contributed by atoms with Crippen LogP contribution < -0.4 is 4.74 Å². The second-order valence-electron chi connectivity index (χ2n) is 6.16. The summed E-state index contributed by atoms with van der Waals surface area (Å²) in [6.07, 6.45) is 3.10. The summed E-state index contributed by atoms with van der Waals surface area (Å²) in [5, 5.41) is 20.3. The van der Waals surface area contributed by atoms with Crippen molar-refractivity contribution in [2.45, 2.75) is 13.8 Å². The zero-order valence-corrected chi connectivity index (χ0v) is 15.7. The first-order valence-corrected chi connectivity index (χ1v) is 8.87. The van der Waals surface area contributed by atoms with Crippen LogP contribution in [-0.4, -0.2) is 35.6 Å². The molecule has 0 atom stereocenters. The minimum absolute atomic E-state index is 0.0402. The van der Waals surface area contributed by atoms with Gasteiger partial charge in [0, 0.05) is 22.9 Å². The number of hydrogen-bond donors (Lipinski definition) is 2. The molecule has 1 heterocycles. The topological polar surface area (TPSA) is 88.4 Å². The molecule has 0 fully saturated rings. The van der Waals surface area contributed by atoms with Gasteiger partial charge >= 0.3 is 5.97 Å². The number of aliphatic hydroxyl groups excluding tert-OH is 1. The van der Waals surface area contributed by atoms with Gasteiger partial charge in [0.05, 0.1) is 12.3 Å². The Hall–Kier alpha value is -3.54. The van der Waals surface area contributed by atoms with Crippen LogP contribution >= 0.6 is 0 Å². The third-order valence-electron chi connectivity index (χ3n) is 4.25. The fraction of sp³-hybridized carbons (Fsp3) is 0.182. The van der Waals surface area contributed by atoms with Crippen LogP contribution in [0.1, 0.15) is 23.6 Å². The normalized spacial score (nSPS) is 14.0. The van der Waals surface area contributed by atoms with Crippen LogP contribution in [0.2, 0.25) is 0 Å². The molecule has 144 valence electrons. The number of carbonyl (C=O) groups is 1. The molecule has 1 aliphatic rings. The number of esters is 1. The maximum atomic E-state index is 12.3. The first-order chi connectivity index (χ1) is 13.5. The lowest BCUT2D eigenvalue weighted by Gasteiger charge is -2.18. The van der Waals surface area contributed by atoms with Crippen molar-refractivity contribution in [1.29, 1.82) is 0 Å². The molecule has 6 nitrogen and oxygen atoms in total. The van der Waals surface area contributed by atoms with Gasteiger partial charge in [0.15, 0.2) is 0 Å². The van der Waals surface area contributed by atoms with Gasteiger partial charge in [-0.15, -0.1) is 0 Å². The highest BCUT2D eigenvalue weighted by molar-refractivity contribution is 6.15. The lowest BCUT2D eigenvalue weighted by Crippen LogP contribution is -2.12. The van der Waals surface area contributed by atoms with Gasteiger partial charge in [0.25, 0.3) is 0 Å². The van der Waals surface area contributed by atoms with Crippen molar-refractivity contribution < 1.29 is 24.5 Å². The van der Waals surface area contributed by atoms with E-state index in [-0.39, 0.29) is 30.3 Å². The van der Waals surface area contributed by atoms with Crippen molar-refractivity contribution in [3.63, 3.8) is 0 Å². The number of fused-ring (bicyclic) bond motifs is 1. The zero-order valence-electron chi connectivity index (χ0n) is 15.7. The number of aliphatic hydroxyl groups is 1. The maximum absolute atomic E-state index is 12.3. The van der Waals surface area contributed by atoms with E-state index in [1.54, 1.807) is 50.2 Å². The van der Waals surface area contributed by atoms with Crippen LogP contribution in [0.5, 0.6) is 11.5 Å². The van der Waals surface area contributed by atoms with E-state index >= 15 is 0 Å². The summed E-state index contributed by atoms with van der Waals surface area (Å²) in [4.78, 5) is 16.6. The minimum atomic E-state index is -0.661. The van der Waals surface area contributed by atoms with Crippen molar-refractivity contribution in [2.24, 2.45) is 4.99 Å². The Morgan fingerprint density at radius 2 is 2.00 bits per heavy atom. The molecule has 3 rings (SSSR count). The Bertz CT molecular complexity index is 974. The first kappa shape index (κ1) is 19.2. The quantitative estimate of drug-likeness (QED) is 0.354. The smallest absolute Gasteiger partial charge is 0.343 e. The van der Waals surface area contributed by atoms with Crippen LogP contribution in [0.25, 0.3) is 11.8 Å². The zero-order chi connectivity index (χ0) is 20.1. The SMILES string of the molecule is CCOC(=O)/C(C=NC1=Cc2ccc(O)c(C)c2OC1)=C(/O)c1ccccc1. The number of rotatable bonds is 5. The van der Waals surface area contributed by atoms with Crippen LogP contribution in [0.4, 0.5) is 0 Å². The summed E-state index contributed by atoms with van der Waals surface area (Å²) in [5.74, 6) is -0.0981. The summed E-state index contributed by atoms with van der Waals surface area (Å²) in [6, 6.07) is 12.0. The summed E-state index contributed by atoms with van der Waals surface area (Å²) in [5.41, 5.74) is 2.46. The van der Waals surface area contributed by atoms with Crippen LogP contribution in [-0.2, 0) is 9.53 Å². The molecular weight excluding hydrogens is 358 g/mol. The Morgan fingerprint density at radius 3 is 2.71 bits per heavy atom. The molecule has 2 aromatic rings. The molecule has 0 aromatic heterocycles. The Balaban J connectivity index is 1.95. The van der Waals surface area contributed by atoms with E-state index in [0.717, 1.165) is 5.56 Å². The van der Waals surface area contributed by atoms with Crippen molar-refractivity contribution in [3.05, 3.63) is 70.4 Å². The number of aliphatic imine (C=N–C) groups is 1. The number of ether oxygens (including phenoxy) is 2. The number of aromatic hydroxyl groups is 1. The molecule has 2 aromatic carbocycles. The Morgan fingerprint density at radius 1 is 1.25 bits per heavy atom. The van der Waals surface area contributed by atoms with Crippen LogP contribution in [0.3, 0.4) is 0 Å². The monoisotopic (exact) mass is 379 g/mol. The van der Waals surface area contributed by atoms with Gasteiger partial charge < -0.3 is 19.7 Å². The van der Waals surface area contributed by atoms with Gasteiger partial charge in [-0.3, -0.25) is 4.99 Å². The van der Waals surface area contributed by atoms with E-state index in [0.29, 0.717) is 22.6 Å². The fourth-order valence-electron chi connectivity index (χ4n) is 2.77. The third-order valence-corrected chi connectivity index (χ3v) is 4.25. The molecule has 2 N–H and O–H groups in total. The highest BCUT2D eigenvalue weighted by Gasteiger charge is 2.18. The highest BCUT2D eigenvalue weighted by atomic mass is 16.5. The molecule has 0 spiro atoms. The van der Waals surface area contributed by atoms with Gasteiger partial charge in [-0.2, -0.15) is 0 Å².